The highest BCUT2D eigenvalue weighted by molar-refractivity contribution is 5.94. The van der Waals surface area contributed by atoms with Crippen LogP contribution in [0.1, 0.15) is 29.2 Å². The van der Waals surface area contributed by atoms with Crippen LogP contribution in [0.3, 0.4) is 0 Å². The van der Waals surface area contributed by atoms with Crippen molar-refractivity contribution in [3.8, 4) is 11.4 Å². The van der Waals surface area contributed by atoms with E-state index in [-0.39, 0.29) is 23.3 Å². The topological polar surface area (TPSA) is 111 Å². The third-order valence-electron chi connectivity index (χ3n) is 3.51. The summed E-state index contributed by atoms with van der Waals surface area (Å²) in [5, 5.41) is 17.4. The standard InChI is InChI=1S/C17H14N4O4/c1-11(18-16(22)12-6-3-2-4-7-12)17-19-15(20-25-17)13-8-5-9-14(10-13)21(23)24/h2-11H,1H3,(H,18,22)/t11-/m1/s1. The third kappa shape index (κ3) is 3.69. The molecule has 0 saturated heterocycles. The van der Waals surface area contributed by atoms with E-state index in [1.54, 1.807) is 43.3 Å². The number of nitrogens with one attached hydrogen (secondary N) is 1. The fourth-order valence-electron chi connectivity index (χ4n) is 2.22. The molecule has 1 aromatic heterocycles. The Morgan fingerprint density at radius 3 is 2.68 bits per heavy atom. The molecule has 0 aliphatic carbocycles. The molecule has 3 aromatic rings. The van der Waals surface area contributed by atoms with Crippen molar-refractivity contribution in [3.05, 3.63) is 76.2 Å². The number of nitro benzene ring substituents is 1. The van der Waals surface area contributed by atoms with Crippen molar-refractivity contribution in [3.63, 3.8) is 0 Å². The number of non-ortho nitro benzene ring substituents is 1. The van der Waals surface area contributed by atoms with Crippen molar-refractivity contribution in [1.82, 2.24) is 15.5 Å². The van der Waals surface area contributed by atoms with E-state index < -0.39 is 11.0 Å². The zero-order valence-corrected chi connectivity index (χ0v) is 13.2. The molecule has 8 nitrogen and oxygen atoms in total. The van der Waals surface area contributed by atoms with Gasteiger partial charge in [0, 0.05) is 23.3 Å². The zero-order valence-electron chi connectivity index (χ0n) is 13.2. The maximum Gasteiger partial charge on any atom is 0.270 e. The Bertz CT molecular complexity index is 908. The Morgan fingerprint density at radius 1 is 1.20 bits per heavy atom. The Labute approximate surface area is 142 Å². The van der Waals surface area contributed by atoms with Gasteiger partial charge in [0.2, 0.25) is 11.7 Å². The molecular weight excluding hydrogens is 324 g/mol. The highest BCUT2D eigenvalue weighted by atomic mass is 16.6. The summed E-state index contributed by atoms with van der Waals surface area (Å²) in [6.07, 6.45) is 0. The van der Waals surface area contributed by atoms with Crippen LogP contribution >= 0.6 is 0 Å². The molecule has 25 heavy (non-hydrogen) atoms. The highest BCUT2D eigenvalue weighted by Crippen LogP contribution is 2.22. The minimum absolute atomic E-state index is 0.0609. The summed E-state index contributed by atoms with van der Waals surface area (Å²) in [5.74, 6) is 0.175. The molecule has 1 atom stereocenters. The van der Waals surface area contributed by atoms with Gasteiger partial charge in [-0.05, 0) is 19.1 Å². The lowest BCUT2D eigenvalue weighted by Gasteiger charge is -2.09. The summed E-state index contributed by atoms with van der Waals surface area (Å²) < 4.78 is 5.17. The maximum absolute atomic E-state index is 12.1. The second-order valence-electron chi connectivity index (χ2n) is 5.32. The molecular formula is C17H14N4O4. The van der Waals surface area contributed by atoms with E-state index in [0.29, 0.717) is 11.1 Å². The molecule has 3 rings (SSSR count). The monoisotopic (exact) mass is 338 g/mol. The Hall–Kier alpha value is -3.55. The van der Waals surface area contributed by atoms with E-state index in [9.17, 15) is 14.9 Å². The average Bonchev–Trinajstić information content (AvgIpc) is 3.13. The summed E-state index contributed by atoms with van der Waals surface area (Å²) in [7, 11) is 0. The van der Waals surface area contributed by atoms with Gasteiger partial charge in [0.1, 0.15) is 6.04 Å². The number of hydrogen-bond donors (Lipinski definition) is 1. The van der Waals surface area contributed by atoms with E-state index >= 15 is 0 Å². The molecule has 1 N–H and O–H groups in total. The van der Waals surface area contributed by atoms with E-state index in [1.807, 2.05) is 6.07 Å². The van der Waals surface area contributed by atoms with Gasteiger partial charge in [0.15, 0.2) is 0 Å². The Morgan fingerprint density at radius 2 is 1.96 bits per heavy atom. The Balaban J connectivity index is 1.76. The first-order valence-corrected chi connectivity index (χ1v) is 7.49. The number of hydrogen-bond acceptors (Lipinski definition) is 6. The summed E-state index contributed by atoms with van der Waals surface area (Å²) in [5.41, 5.74) is 0.924. The van der Waals surface area contributed by atoms with Gasteiger partial charge in [-0.25, -0.2) is 0 Å². The first-order valence-electron chi connectivity index (χ1n) is 7.49. The number of nitrogens with zero attached hydrogens (tertiary/aromatic N) is 3. The molecule has 2 aromatic carbocycles. The SMILES string of the molecule is C[C@@H](NC(=O)c1ccccc1)c1nc(-c2cccc([N+](=O)[O-])c2)no1. The second kappa shape index (κ2) is 6.91. The van der Waals surface area contributed by atoms with Crippen LogP contribution in [0.25, 0.3) is 11.4 Å². The predicted octanol–water partition coefficient (Wildman–Crippen LogP) is 3.14. The number of carbonyl (C=O) groups is 1. The zero-order chi connectivity index (χ0) is 17.8. The quantitative estimate of drug-likeness (QED) is 0.565. The normalized spacial score (nSPS) is 11.7. The molecule has 0 radical (unpaired) electrons. The molecule has 0 aliphatic rings. The minimum atomic E-state index is -0.507. The van der Waals surface area contributed by atoms with Crippen molar-refractivity contribution >= 4 is 11.6 Å². The summed E-state index contributed by atoms with van der Waals surface area (Å²) >= 11 is 0. The molecule has 1 heterocycles. The lowest BCUT2D eigenvalue weighted by atomic mass is 10.2. The van der Waals surface area contributed by atoms with Gasteiger partial charge in [-0.3, -0.25) is 14.9 Å². The van der Waals surface area contributed by atoms with Crippen LogP contribution in [0.4, 0.5) is 5.69 Å². The number of aromatic nitrogens is 2. The third-order valence-corrected chi connectivity index (χ3v) is 3.51. The fraction of sp³-hybridized carbons (Fsp3) is 0.118. The molecule has 1 amide bonds. The Kier molecular flexibility index (Phi) is 4.51. The van der Waals surface area contributed by atoms with Crippen molar-refractivity contribution in [1.29, 1.82) is 0 Å². The van der Waals surface area contributed by atoms with Gasteiger partial charge in [-0.2, -0.15) is 4.98 Å². The van der Waals surface area contributed by atoms with Crippen LogP contribution in [0.2, 0.25) is 0 Å². The summed E-state index contributed by atoms with van der Waals surface area (Å²) in [6.45, 7) is 1.71. The first kappa shape index (κ1) is 16.3. The van der Waals surface area contributed by atoms with Gasteiger partial charge in [-0.1, -0.05) is 35.5 Å². The minimum Gasteiger partial charge on any atom is -0.341 e. The molecule has 0 fully saturated rings. The van der Waals surface area contributed by atoms with E-state index in [0.717, 1.165) is 0 Å². The van der Waals surface area contributed by atoms with Crippen molar-refractivity contribution in [2.24, 2.45) is 0 Å². The van der Waals surface area contributed by atoms with Crippen molar-refractivity contribution < 1.29 is 14.2 Å². The summed E-state index contributed by atoms with van der Waals surface area (Å²) in [6, 6.07) is 14.2. The molecule has 0 aliphatic heterocycles. The smallest absolute Gasteiger partial charge is 0.270 e. The van der Waals surface area contributed by atoms with Crippen molar-refractivity contribution in [2.45, 2.75) is 13.0 Å². The molecule has 8 heteroatoms. The molecule has 126 valence electrons. The van der Waals surface area contributed by atoms with E-state index in [2.05, 4.69) is 15.5 Å². The van der Waals surface area contributed by atoms with Gasteiger partial charge in [-0.15, -0.1) is 0 Å². The van der Waals surface area contributed by atoms with Gasteiger partial charge in [0.25, 0.3) is 11.6 Å². The highest BCUT2D eigenvalue weighted by Gasteiger charge is 2.19. The largest absolute Gasteiger partial charge is 0.341 e. The van der Waals surface area contributed by atoms with E-state index in [1.165, 1.54) is 12.1 Å². The molecule has 0 unspecified atom stereocenters. The van der Waals surface area contributed by atoms with Crippen LogP contribution in [0.5, 0.6) is 0 Å². The number of benzene rings is 2. The second-order valence-corrected chi connectivity index (χ2v) is 5.32. The number of rotatable bonds is 5. The van der Waals surface area contributed by atoms with Gasteiger partial charge >= 0.3 is 0 Å². The lowest BCUT2D eigenvalue weighted by Crippen LogP contribution is -2.26. The van der Waals surface area contributed by atoms with Crippen LogP contribution in [0.15, 0.2) is 59.1 Å². The van der Waals surface area contributed by atoms with Crippen LogP contribution in [-0.4, -0.2) is 21.0 Å². The number of nitro groups is 1. The van der Waals surface area contributed by atoms with Crippen molar-refractivity contribution in [2.75, 3.05) is 0 Å². The fourth-order valence-corrected chi connectivity index (χ4v) is 2.22. The van der Waals surface area contributed by atoms with Crippen LogP contribution in [-0.2, 0) is 0 Å². The first-order chi connectivity index (χ1) is 12.0. The van der Waals surface area contributed by atoms with Gasteiger partial charge in [0.05, 0.1) is 4.92 Å². The summed E-state index contributed by atoms with van der Waals surface area (Å²) in [4.78, 5) is 26.7. The lowest BCUT2D eigenvalue weighted by molar-refractivity contribution is -0.384. The van der Waals surface area contributed by atoms with Gasteiger partial charge < -0.3 is 9.84 Å². The predicted molar refractivity (Wildman–Crippen MR) is 88.7 cm³/mol. The number of carbonyl (C=O) groups excluding carboxylic acids is 1. The van der Waals surface area contributed by atoms with Crippen LogP contribution < -0.4 is 5.32 Å². The van der Waals surface area contributed by atoms with Crippen LogP contribution in [0, 0.1) is 10.1 Å². The molecule has 0 spiro atoms. The maximum atomic E-state index is 12.1. The van der Waals surface area contributed by atoms with E-state index in [4.69, 9.17) is 4.52 Å². The molecule has 0 bridgehead atoms. The number of amides is 1. The average molecular weight is 338 g/mol. The molecule has 0 saturated carbocycles.